The van der Waals surface area contributed by atoms with Gasteiger partial charge in [-0.1, -0.05) is 13.8 Å². The van der Waals surface area contributed by atoms with Crippen LogP contribution >= 0.6 is 0 Å². The van der Waals surface area contributed by atoms with E-state index in [2.05, 4.69) is 20.7 Å². The SMILES string of the molecule is CCC(CC)(CO)CNC(=O)Nc1ncnn1C. The van der Waals surface area contributed by atoms with Gasteiger partial charge >= 0.3 is 6.03 Å². The van der Waals surface area contributed by atoms with E-state index in [-0.39, 0.29) is 18.1 Å². The number of aliphatic hydroxyl groups excluding tert-OH is 1. The lowest BCUT2D eigenvalue weighted by atomic mass is 9.83. The van der Waals surface area contributed by atoms with Crippen molar-refractivity contribution >= 4 is 12.0 Å². The van der Waals surface area contributed by atoms with Crippen LogP contribution in [-0.2, 0) is 7.05 Å². The first-order valence-electron chi connectivity index (χ1n) is 6.06. The van der Waals surface area contributed by atoms with Gasteiger partial charge in [0.15, 0.2) is 0 Å². The molecule has 0 fully saturated rings. The van der Waals surface area contributed by atoms with Gasteiger partial charge in [0.1, 0.15) is 6.33 Å². The summed E-state index contributed by atoms with van der Waals surface area (Å²) in [6, 6.07) is -0.342. The van der Waals surface area contributed by atoms with Crippen LogP contribution in [0.4, 0.5) is 10.7 Å². The summed E-state index contributed by atoms with van der Waals surface area (Å²) < 4.78 is 1.47. The van der Waals surface area contributed by atoms with Crippen molar-refractivity contribution in [3.63, 3.8) is 0 Å². The number of carbonyl (C=O) groups is 1. The van der Waals surface area contributed by atoms with Gasteiger partial charge < -0.3 is 10.4 Å². The van der Waals surface area contributed by atoms with Crippen LogP contribution in [0.5, 0.6) is 0 Å². The first-order valence-corrected chi connectivity index (χ1v) is 6.06. The molecule has 1 aromatic rings. The van der Waals surface area contributed by atoms with E-state index in [9.17, 15) is 9.90 Å². The van der Waals surface area contributed by atoms with E-state index >= 15 is 0 Å². The maximum absolute atomic E-state index is 11.7. The highest BCUT2D eigenvalue weighted by atomic mass is 16.3. The van der Waals surface area contributed by atoms with Crippen molar-refractivity contribution in [3.05, 3.63) is 6.33 Å². The molecule has 0 aliphatic heterocycles. The van der Waals surface area contributed by atoms with E-state index in [1.165, 1.54) is 11.0 Å². The molecular formula is C11H21N5O2. The molecule has 0 radical (unpaired) electrons. The third kappa shape index (κ3) is 3.43. The maximum atomic E-state index is 11.7. The van der Waals surface area contributed by atoms with Crippen LogP contribution in [0.2, 0.25) is 0 Å². The molecule has 3 N–H and O–H groups in total. The van der Waals surface area contributed by atoms with Crippen molar-refractivity contribution in [2.75, 3.05) is 18.5 Å². The first-order chi connectivity index (χ1) is 8.56. The standard InChI is InChI=1S/C11H21N5O2/c1-4-11(5-2,7-17)6-12-10(18)15-9-13-8-14-16(9)3/h8,17H,4-7H2,1-3H3,(H2,12,13,14,15,18). The van der Waals surface area contributed by atoms with Gasteiger partial charge in [-0.15, -0.1) is 0 Å². The summed E-state index contributed by atoms with van der Waals surface area (Å²) in [5, 5.41) is 18.6. The average Bonchev–Trinajstić information content (AvgIpc) is 2.77. The van der Waals surface area contributed by atoms with Crippen molar-refractivity contribution in [1.82, 2.24) is 20.1 Å². The Kier molecular flexibility index (Phi) is 5.08. The Balaban J connectivity index is 2.48. The number of urea groups is 1. The molecule has 1 rings (SSSR count). The Morgan fingerprint density at radius 1 is 1.50 bits per heavy atom. The number of nitrogens with one attached hydrogen (secondary N) is 2. The number of aryl methyl sites for hydroxylation is 1. The molecule has 1 aromatic heterocycles. The predicted molar refractivity (Wildman–Crippen MR) is 68.1 cm³/mol. The van der Waals surface area contributed by atoms with Gasteiger partial charge in [-0.05, 0) is 12.8 Å². The van der Waals surface area contributed by atoms with Crippen molar-refractivity contribution in [1.29, 1.82) is 0 Å². The summed E-state index contributed by atoms with van der Waals surface area (Å²) in [5.74, 6) is 0.384. The van der Waals surface area contributed by atoms with Crippen molar-refractivity contribution in [2.45, 2.75) is 26.7 Å². The lowest BCUT2D eigenvalue weighted by Crippen LogP contribution is -2.41. The predicted octanol–water partition coefficient (Wildman–Crippen LogP) is 0.735. The monoisotopic (exact) mass is 255 g/mol. The molecule has 2 amide bonds. The number of rotatable bonds is 6. The van der Waals surface area contributed by atoms with Crippen LogP contribution in [0.3, 0.4) is 0 Å². The van der Waals surface area contributed by atoms with Gasteiger partial charge in [0.25, 0.3) is 0 Å². The number of aromatic nitrogens is 3. The van der Waals surface area contributed by atoms with E-state index in [0.717, 1.165) is 12.8 Å². The topological polar surface area (TPSA) is 92.1 Å². The quantitative estimate of drug-likeness (QED) is 0.699. The van der Waals surface area contributed by atoms with Crippen LogP contribution in [0, 0.1) is 5.41 Å². The van der Waals surface area contributed by atoms with Gasteiger partial charge in [-0.2, -0.15) is 10.1 Å². The van der Waals surface area contributed by atoms with Gasteiger partial charge in [0, 0.05) is 19.0 Å². The van der Waals surface area contributed by atoms with Crippen LogP contribution in [0.25, 0.3) is 0 Å². The van der Waals surface area contributed by atoms with Crippen LogP contribution in [0.15, 0.2) is 6.33 Å². The largest absolute Gasteiger partial charge is 0.396 e. The molecular weight excluding hydrogens is 234 g/mol. The highest BCUT2D eigenvalue weighted by Gasteiger charge is 2.25. The van der Waals surface area contributed by atoms with Crippen molar-refractivity contribution < 1.29 is 9.90 Å². The van der Waals surface area contributed by atoms with Crippen LogP contribution < -0.4 is 10.6 Å². The average molecular weight is 255 g/mol. The molecule has 0 aliphatic carbocycles. The van der Waals surface area contributed by atoms with Gasteiger partial charge in [0.05, 0.1) is 6.61 Å². The van der Waals surface area contributed by atoms with E-state index in [1.807, 2.05) is 13.8 Å². The van der Waals surface area contributed by atoms with Crippen LogP contribution in [0.1, 0.15) is 26.7 Å². The Morgan fingerprint density at radius 3 is 2.61 bits per heavy atom. The minimum absolute atomic E-state index is 0.0598. The minimum Gasteiger partial charge on any atom is -0.396 e. The van der Waals surface area contributed by atoms with Gasteiger partial charge in [-0.3, -0.25) is 5.32 Å². The molecule has 0 saturated carbocycles. The summed E-state index contributed by atoms with van der Waals surface area (Å²) in [5.41, 5.74) is -0.253. The fraction of sp³-hybridized carbons (Fsp3) is 0.727. The second kappa shape index (κ2) is 6.34. The molecule has 0 aromatic carbocycles. The fourth-order valence-corrected chi connectivity index (χ4v) is 1.60. The van der Waals surface area contributed by atoms with E-state index in [1.54, 1.807) is 7.05 Å². The molecule has 7 heteroatoms. The molecule has 102 valence electrons. The smallest absolute Gasteiger partial charge is 0.321 e. The Hall–Kier alpha value is -1.63. The number of anilines is 1. The summed E-state index contributed by atoms with van der Waals surface area (Å²) in [6.07, 6.45) is 2.99. The number of carbonyl (C=O) groups excluding carboxylic acids is 1. The van der Waals surface area contributed by atoms with Crippen molar-refractivity contribution in [3.8, 4) is 0 Å². The minimum atomic E-state index is -0.342. The summed E-state index contributed by atoms with van der Waals surface area (Å²) in [6.45, 7) is 4.49. The summed E-state index contributed by atoms with van der Waals surface area (Å²) in [7, 11) is 1.69. The van der Waals surface area contributed by atoms with Crippen molar-refractivity contribution in [2.24, 2.45) is 12.5 Å². The molecule has 0 atom stereocenters. The Bertz CT molecular complexity index is 378. The molecule has 0 bridgehead atoms. The van der Waals surface area contributed by atoms with E-state index < -0.39 is 0 Å². The molecule has 0 unspecified atom stereocenters. The van der Waals surface area contributed by atoms with E-state index in [4.69, 9.17) is 0 Å². The second-order valence-electron chi connectivity index (χ2n) is 4.38. The Labute approximate surface area is 107 Å². The summed E-state index contributed by atoms with van der Waals surface area (Å²) >= 11 is 0. The van der Waals surface area contributed by atoms with E-state index in [0.29, 0.717) is 12.5 Å². The lowest BCUT2D eigenvalue weighted by molar-refractivity contribution is 0.116. The molecule has 18 heavy (non-hydrogen) atoms. The molecule has 1 heterocycles. The maximum Gasteiger partial charge on any atom is 0.321 e. The molecule has 0 aliphatic rings. The molecule has 7 nitrogen and oxygen atoms in total. The third-order valence-electron chi connectivity index (χ3n) is 3.40. The zero-order valence-corrected chi connectivity index (χ0v) is 11.1. The zero-order chi connectivity index (χ0) is 13.6. The highest BCUT2D eigenvalue weighted by Crippen LogP contribution is 2.24. The number of amides is 2. The lowest BCUT2D eigenvalue weighted by Gasteiger charge is -2.29. The number of hydrogen-bond donors (Lipinski definition) is 3. The number of nitrogens with zero attached hydrogens (tertiary/aromatic N) is 3. The second-order valence-corrected chi connectivity index (χ2v) is 4.38. The zero-order valence-electron chi connectivity index (χ0n) is 11.1. The van der Waals surface area contributed by atoms with Gasteiger partial charge in [0.2, 0.25) is 5.95 Å². The Morgan fingerprint density at radius 2 is 2.17 bits per heavy atom. The normalized spacial score (nSPS) is 11.3. The molecule has 0 saturated heterocycles. The van der Waals surface area contributed by atoms with Gasteiger partial charge in [-0.25, -0.2) is 9.48 Å². The highest BCUT2D eigenvalue weighted by molar-refractivity contribution is 5.87. The number of hydrogen-bond acceptors (Lipinski definition) is 4. The molecule has 0 spiro atoms. The first kappa shape index (κ1) is 14.4. The third-order valence-corrected chi connectivity index (χ3v) is 3.40. The summed E-state index contributed by atoms with van der Waals surface area (Å²) in [4.78, 5) is 15.6. The van der Waals surface area contributed by atoms with Crippen LogP contribution in [-0.4, -0.2) is 39.1 Å². The number of aliphatic hydroxyl groups is 1. The fourth-order valence-electron chi connectivity index (χ4n) is 1.60.